The molecule has 2 heterocycles. The van der Waals surface area contributed by atoms with Gasteiger partial charge in [0.05, 0.1) is 18.7 Å². The van der Waals surface area contributed by atoms with E-state index in [9.17, 15) is 9.59 Å². The van der Waals surface area contributed by atoms with E-state index in [1.165, 1.54) is 11.8 Å². The Kier molecular flexibility index (Phi) is 5.02. The maximum atomic E-state index is 11.8. The summed E-state index contributed by atoms with van der Waals surface area (Å²) in [7, 11) is 0. The van der Waals surface area contributed by atoms with Gasteiger partial charge in [0.2, 0.25) is 0 Å². The fourth-order valence-corrected chi connectivity index (χ4v) is 3.44. The maximum Gasteiger partial charge on any atom is 0.337 e. The molecule has 8 heteroatoms. The molecular formula is C12H15N3O3S2. The van der Waals surface area contributed by atoms with Crippen LogP contribution in [0.3, 0.4) is 0 Å². The molecule has 0 saturated heterocycles. The Bertz CT molecular complexity index is 554. The van der Waals surface area contributed by atoms with Crippen molar-refractivity contribution in [2.75, 3.05) is 18.9 Å². The van der Waals surface area contributed by atoms with E-state index >= 15 is 0 Å². The smallest absolute Gasteiger partial charge is 0.337 e. The molecule has 1 aliphatic rings. The summed E-state index contributed by atoms with van der Waals surface area (Å²) >= 11 is 3.03. The van der Waals surface area contributed by atoms with Gasteiger partial charge in [0.15, 0.2) is 0 Å². The fourth-order valence-electron chi connectivity index (χ4n) is 1.60. The van der Waals surface area contributed by atoms with Gasteiger partial charge in [-0.15, -0.1) is 11.3 Å². The van der Waals surface area contributed by atoms with Crippen molar-refractivity contribution in [3.63, 3.8) is 0 Å². The van der Waals surface area contributed by atoms with Gasteiger partial charge in [-0.2, -0.15) is 0 Å². The number of aryl methyl sites for hydroxylation is 1. The zero-order valence-electron chi connectivity index (χ0n) is 11.2. The minimum atomic E-state index is -0.397. The normalized spacial score (nSPS) is 14.8. The van der Waals surface area contributed by atoms with Gasteiger partial charge in [0.25, 0.3) is 0 Å². The number of amides is 2. The first-order chi connectivity index (χ1) is 9.60. The number of thiazole rings is 1. The van der Waals surface area contributed by atoms with E-state index in [2.05, 4.69) is 15.6 Å². The minimum absolute atomic E-state index is 0.192. The highest BCUT2D eigenvalue weighted by Gasteiger charge is 2.23. The second kappa shape index (κ2) is 6.76. The van der Waals surface area contributed by atoms with Crippen LogP contribution in [0.4, 0.5) is 4.79 Å². The number of hydrogen-bond donors (Lipinski definition) is 2. The highest BCUT2D eigenvalue weighted by molar-refractivity contribution is 8.01. The summed E-state index contributed by atoms with van der Waals surface area (Å²) in [6, 6.07) is -0.302. The zero-order chi connectivity index (χ0) is 14.5. The topological polar surface area (TPSA) is 80.3 Å². The summed E-state index contributed by atoms with van der Waals surface area (Å²) in [6.45, 7) is 4.18. The van der Waals surface area contributed by atoms with Crippen LogP contribution in [0.5, 0.6) is 0 Å². The van der Waals surface area contributed by atoms with E-state index < -0.39 is 5.97 Å². The molecule has 2 rings (SSSR count). The lowest BCUT2D eigenvalue weighted by molar-refractivity contribution is -0.138. The Morgan fingerprint density at radius 3 is 3.05 bits per heavy atom. The van der Waals surface area contributed by atoms with Gasteiger partial charge in [0, 0.05) is 22.5 Å². The molecule has 2 N–H and O–H groups in total. The van der Waals surface area contributed by atoms with Crippen molar-refractivity contribution in [3.8, 4) is 0 Å². The highest BCUT2D eigenvalue weighted by atomic mass is 32.2. The quantitative estimate of drug-likeness (QED) is 0.638. The van der Waals surface area contributed by atoms with Gasteiger partial charge in [0.1, 0.15) is 4.34 Å². The summed E-state index contributed by atoms with van der Waals surface area (Å²) in [5, 5.41) is 7.20. The molecule has 20 heavy (non-hydrogen) atoms. The molecule has 0 aromatic carbocycles. The molecule has 108 valence electrons. The lowest BCUT2D eigenvalue weighted by Crippen LogP contribution is -2.44. The van der Waals surface area contributed by atoms with Gasteiger partial charge < -0.3 is 15.4 Å². The molecule has 0 unspecified atom stereocenters. The Labute approximate surface area is 125 Å². The van der Waals surface area contributed by atoms with Crippen LogP contribution in [0.25, 0.3) is 0 Å². The third-order valence-electron chi connectivity index (χ3n) is 2.51. The van der Waals surface area contributed by atoms with Crippen LogP contribution >= 0.6 is 23.1 Å². The van der Waals surface area contributed by atoms with Crippen molar-refractivity contribution >= 4 is 35.1 Å². The Hall–Kier alpha value is -1.54. The second-order valence-corrected chi connectivity index (χ2v) is 6.11. The zero-order valence-corrected chi connectivity index (χ0v) is 12.8. The molecular weight excluding hydrogens is 298 g/mol. The summed E-state index contributed by atoms with van der Waals surface area (Å²) in [5.41, 5.74) is 2.02. The van der Waals surface area contributed by atoms with E-state index in [0.29, 0.717) is 23.6 Å². The highest BCUT2D eigenvalue weighted by Crippen LogP contribution is 2.25. The predicted molar refractivity (Wildman–Crippen MR) is 77.8 cm³/mol. The number of ether oxygens (including phenoxy) is 1. The average molecular weight is 313 g/mol. The van der Waals surface area contributed by atoms with Crippen molar-refractivity contribution in [2.24, 2.45) is 0 Å². The molecule has 0 fully saturated rings. The van der Waals surface area contributed by atoms with Crippen LogP contribution in [0, 0.1) is 6.92 Å². The molecule has 2 amide bonds. The molecule has 1 aromatic rings. The van der Waals surface area contributed by atoms with Crippen LogP contribution in [0.15, 0.2) is 21.0 Å². The first-order valence-corrected chi connectivity index (χ1v) is 7.95. The van der Waals surface area contributed by atoms with Crippen molar-refractivity contribution in [1.82, 2.24) is 15.6 Å². The van der Waals surface area contributed by atoms with Crippen LogP contribution in [0.1, 0.15) is 12.6 Å². The molecule has 0 bridgehead atoms. The summed E-state index contributed by atoms with van der Waals surface area (Å²) in [5.74, 6) is 0.0834. The molecule has 0 aliphatic carbocycles. The molecule has 6 nitrogen and oxygen atoms in total. The van der Waals surface area contributed by atoms with E-state index in [1.54, 1.807) is 18.3 Å². The van der Waals surface area contributed by atoms with Gasteiger partial charge >= 0.3 is 12.0 Å². The van der Waals surface area contributed by atoms with E-state index in [1.807, 2.05) is 12.3 Å². The second-order valence-electron chi connectivity index (χ2n) is 4.03. The number of urea groups is 1. The number of carbonyl (C=O) groups excluding carboxylic acids is 2. The molecule has 0 spiro atoms. The van der Waals surface area contributed by atoms with Gasteiger partial charge in [-0.1, -0.05) is 11.8 Å². The van der Waals surface area contributed by atoms with Crippen LogP contribution in [-0.2, 0) is 9.53 Å². The van der Waals surface area contributed by atoms with Gasteiger partial charge in [-0.3, -0.25) is 0 Å². The van der Waals surface area contributed by atoms with E-state index in [4.69, 9.17) is 4.74 Å². The molecule has 1 aromatic heterocycles. The number of esters is 1. The van der Waals surface area contributed by atoms with Crippen molar-refractivity contribution in [3.05, 3.63) is 22.3 Å². The third-order valence-corrected chi connectivity index (χ3v) is 4.68. The number of hydrogen-bond acceptors (Lipinski definition) is 6. The number of nitrogens with one attached hydrogen (secondary N) is 2. The van der Waals surface area contributed by atoms with E-state index in [-0.39, 0.29) is 12.6 Å². The maximum absolute atomic E-state index is 11.8. The van der Waals surface area contributed by atoms with Crippen LogP contribution in [-0.4, -0.2) is 35.9 Å². The summed E-state index contributed by atoms with van der Waals surface area (Å²) < 4.78 is 5.90. The summed E-state index contributed by atoms with van der Waals surface area (Å²) in [6.07, 6.45) is 0. The van der Waals surface area contributed by atoms with E-state index in [0.717, 1.165) is 10.0 Å². The van der Waals surface area contributed by atoms with Crippen LogP contribution < -0.4 is 10.6 Å². The monoisotopic (exact) mass is 313 g/mol. The van der Waals surface area contributed by atoms with Crippen molar-refractivity contribution < 1.29 is 14.3 Å². The lowest BCUT2D eigenvalue weighted by Gasteiger charge is -2.20. The number of nitrogens with zero attached hydrogens (tertiary/aromatic N) is 1. The standard InChI is InChI=1S/C12H15N3O3S2/c1-3-18-10(16)8-4-13-11(17)15-9(8)6-20-12-14-7(2)5-19-12/h5H,3-4,6H2,1-2H3,(H2,13,15,17). The minimum Gasteiger partial charge on any atom is -0.463 e. The fraction of sp³-hybridized carbons (Fsp3) is 0.417. The molecule has 0 atom stereocenters. The first-order valence-electron chi connectivity index (χ1n) is 6.09. The van der Waals surface area contributed by atoms with Gasteiger partial charge in [-0.05, 0) is 13.8 Å². The SMILES string of the molecule is CCOC(=O)C1=C(CSc2nc(C)cs2)NC(=O)NC1. The summed E-state index contributed by atoms with van der Waals surface area (Å²) in [4.78, 5) is 27.6. The largest absolute Gasteiger partial charge is 0.463 e. The number of aromatic nitrogens is 1. The number of rotatable bonds is 5. The lowest BCUT2D eigenvalue weighted by atomic mass is 10.2. The van der Waals surface area contributed by atoms with Crippen LogP contribution in [0.2, 0.25) is 0 Å². The molecule has 1 aliphatic heterocycles. The Morgan fingerprint density at radius 2 is 2.40 bits per heavy atom. The molecule has 0 saturated carbocycles. The van der Waals surface area contributed by atoms with Crippen molar-refractivity contribution in [1.29, 1.82) is 0 Å². The van der Waals surface area contributed by atoms with Gasteiger partial charge in [-0.25, -0.2) is 14.6 Å². The average Bonchev–Trinajstić information content (AvgIpc) is 2.82. The number of thioether (sulfide) groups is 1. The number of carbonyl (C=O) groups is 2. The Balaban J connectivity index is 2.10. The predicted octanol–water partition coefficient (Wildman–Crippen LogP) is 1.67. The Morgan fingerprint density at radius 1 is 1.60 bits per heavy atom. The molecule has 0 radical (unpaired) electrons. The first kappa shape index (κ1) is 14.9. The van der Waals surface area contributed by atoms with Crippen molar-refractivity contribution in [2.45, 2.75) is 18.2 Å². The third kappa shape index (κ3) is 3.73.